The third-order valence-electron chi connectivity index (χ3n) is 2.70. The molecule has 0 aliphatic rings. The largest absolute Gasteiger partial charge is 0.383 e. The van der Waals surface area contributed by atoms with Crippen LogP contribution >= 0.6 is 0 Å². The Balaban J connectivity index is 2.20. The molecule has 1 aromatic carbocycles. The standard InChI is InChI=1S/C15H25NO/c1-3-5-6-14-7-9-15(10-8-14)16-11-13-17-12-4-2/h7-10,16H,3-6,11-13H2,1-2H3. The van der Waals surface area contributed by atoms with Gasteiger partial charge in [0, 0.05) is 18.8 Å². The first-order chi connectivity index (χ1) is 8.36. The van der Waals surface area contributed by atoms with E-state index in [1.807, 2.05) is 0 Å². The van der Waals surface area contributed by atoms with E-state index in [9.17, 15) is 0 Å². The van der Waals surface area contributed by atoms with Gasteiger partial charge >= 0.3 is 0 Å². The van der Waals surface area contributed by atoms with E-state index in [-0.39, 0.29) is 0 Å². The highest BCUT2D eigenvalue weighted by Crippen LogP contribution is 2.11. The molecule has 96 valence electrons. The molecule has 0 saturated heterocycles. The molecule has 0 amide bonds. The molecule has 2 heteroatoms. The average Bonchev–Trinajstić information content (AvgIpc) is 2.37. The summed E-state index contributed by atoms with van der Waals surface area (Å²) in [5.74, 6) is 0. The second-order valence-electron chi connectivity index (χ2n) is 4.34. The van der Waals surface area contributed by atoms with Crippen LogP contribution in [0.25, 0.3) is 0 Å². The second kappa shape index (κ2) is 9.06. The molecule has 2 nitrogen and oxygen atoms in total. The Bertz CT molecular complexity index is 281. The minimum absolute atomic E-state index is 0.783. The summed E-state index contributed by atoms with van der Waals surface area (Å²) in [6.45, 7) is 6.88. The molecule has 0 aromatic heterocycles. The molecule has 17 heavy (non-hydrogen) atoms. The van der Waals surface area contributed by atoms with Gasteiger partial charge in [-0.2, -0.15) is 0 Å². The molecule has 0 heterocycles. The number of unbranched alkanes of at least 4 members (excludes halogenated alkanes) is 1. The molecule has 0 radical (unpaired) electrons. The van der Waals surface area contributed by atoms with Gasteiger partial charge < -0.3 is 10.1 Å². The Morgan fingerprint density at radius 1 is 1.00 bits per heavy atom. The van der Waals surface area contributed by atoms with Crippen LogP contribution in [0.15, 0.2) is 24.3 Å². The van der Waals surface area contributed by atoms with Crippen molar-refractivity contribution >= 4 is 5.69 Å². The smallest absolute Gasteiger partial charge is 0.0639 e. The lowest BCUT2D eigenvalue weighted by Crippen LogP contribution is -2.09. The van der Waals surface area contributed by atoms with Crippen molar-refractivity contribution in [3.63, 3.8) is 0 Å². The van der Waals surface area contributed by atoms with Gasteiger partial charge in [-0.05, 0) is 37.0 Å². The van der Waals surface area contributed by atoms with Crippen molar-refractivity contribution in [1.29, 1.82) is 0 Å². The fourth-order valence-corrected chi connectivity index (χ4v) is 1.68. The molecule has 0 unspecified atom stereocenters. The second-order valence-corrected chi connectivity index (χ2v) is 4.34. The van der Waals surface area contributed by atoms with Gasteiger partial charge in [0.2, 0.25) is 0 Å². The van der Waals surface area contributed by atoms with Crippen LogP contribution in [-0.4, -0.2) is 19.8 Å². The van der Waals surface area contributed by atoms with Crippen molar-refractivity contribution in [1.82, 2.24) is 0 Å². The first-order valence-electron chi connectivity index (χ1n) is 6.77. The zero-order valence-corrected chi connectivity index (χ0v) is 11.2. The molecule has 0 spiro atoms. The molecule has 0 bridgehead atoms. The number of ether oxygens (including phenoxy) is 1. The molecular weight excluding hydrogens is 210 g/mol. The highest BCUT2D eigenvalue weighted by Gasteiger charge is 1.94. The van der Waals surface area contributed by atoms with Gasteiger partial charge in [-0.15, -0.1) is 0 Å². The predicted molar refractivity (Wildman–Crippen MR) is 74.7 cm³/mol. The maximum absolute atomic E-state index is 5.42. The third-order valence-corrected chi connectivity index (χ3v) is 2.70. The number of hydrogen-bond donors (Lipinski definition) is 1. The summed E-state index contributed by atoms with van der Waals surface area (Å²) >= 11 is 0. The van der Waals surface area contributed by atoms with E-state index in [1.54, 1.807) is 0 Å². The lowest BCUT2D eigenvalue weighted by atomic mass is 10.1. The highest BCUT2D eigenvalue weighted by molar-refractivity contribution is 5.44. The number of benzene rings is 1. The number of aryl methyl sites for hydroxylation is 1. The maximum Gasteiger partial charge on any atom is 0.0639 e. The lowest BCUT2D eigenvalue weighted by Gasteiger charge is -2.07. The Hall–Kier alpha value is -1.02. The fourth-order valence-electron chi connectivity index (χ4n) is 1.68. The van der Waals surface area contributed by atoms with Crippen LogP contribution in [0.2, 0.25) is 0 Å². The summed E-state index contributed by atoms with van der Waals surface area (Å²) in [7, 11) is 0. The van der Waals surface area contributed by atoms with E-state index >= 15 is 0 Å². The van der Waals surface area contributed by atoms with E-state index < -0.39 is 0 Å². The Morgan fingerprint density at radius 3 is 2.41 bits per heavy atom. The van der Waals surface area contributed by atoms with Gasteiger partial charge in [-0.1, -0.05) is 32.4 Å². The van der Waals surface area contributed by atoms with Crippen LogP contribution in [0.1, 0.15) is 38.7 Å². The molecular formula is C15H25NO. The quantitative estimate of drug-likeness (QED) is 0.656. The van der Waals surface area contributed by atoms with Crippen molar-refractivity contribution in [2.45, 2.75) is 39.5 Å². The fraction of sp³-hybridized carbons (Fsp3) is 0.600. The molecule has 0 atom stereocenters. The normalized spacial score (nSPS) is 10.5. The van der Waals surface area contributed by atoms with Gasteiger partial charge in [0.25, 0.3) is 0 Å². The van der Waals surface area contributed by atoms with E-state index in [4.69, 9.17) is 4.74 Å². The SMILES string of the molecule is CCCCc1ccc(NCCOCCC)cc1. The van der Waals surface area contributed by atoms with Crippen LogP contribution < -0.4 is 5.32 Å². The van der Waals surface area contributed by atoms with Gasteiger partial charge in [0.1, 0.15) is 0 Å². The Kier molecular flexibility index (Phi) is 7.48. The zero-order chi connectivity index (χ0) is 12.3. The van der Waals surface area contributed by atoms with Crippen molar-refractivity contribution < 1.29 is 4.74 Å². The lowest BCUT2D eigenvalue weighted by molar-refractivity contribution is 0.144. The van der Waals surface area contributed by atoms with Crippen LogP contribution in [-0.2, 0) is 11.2 Å². The van der Waals surface area contributed by atoms with E-state index in [0.717, 1.165) is 26.2 Å². The average molecular weight is 235 g/mol. The van der Waals surface area contributed by atoms with Crippen LogP contribution in [0, 0.1) is 0 Å². The van der Waals surface area contributed by atoms with Gasteiger partial charge in [0.05, 0.1) is 6.61 Å². The number of rotatable bonds is 9. The van der Waals surface area contributed by atoms with Gasteiger partial charge in [-0.25, -0.2) is 0 Å². The minimum atomic E-state index is 0.783. The number of anilines is 1. The summed E-state index contributed by atoms with van der Waals surface area (Å²) < 4.78 is 5.42. The van der Waals surface area contributed by atoms with Crippen molar-refractivity contribution in [3.05, 3.63) is 29.8 Å². The van der Waals surface area contributed by atoms with E-state index in [2.05, 4.69) is 43.4 Å². The van der Waals surface area contributed by atoms with Gasteiger partial charge in [0.15, 0.2) is 0 Å². The molecule has 0 aliphatic heterocycles. The summed E-state index contributed by atoms with van der Waals surface area (Å²) in [6, 6.07) is 8.74. The first kappa shape index (κ1) is 14.0. The number of nitrogens with one attached hydrogen (secondary N) is 1. The van der Waals surface area contributed by atoms with E-state index in [1.165, 1.54) is 30.5 Å². The van der Waals surface area contributed by atoms with Crippen LogP contribution in [0.5, 0.6) is 0 Å². The zero-order valence-electron chi connectivity index (χ0n) is 11.2. The van der Waals surface area contributed by atoms with Gasteiger partial charge in [-0.3, -0.25) is 0 Å². The predicted octanol–water partition coefficient (Wildman–Crippen LogP) is 3.87. The van der Waals surface area contributed by atoms with Crippen LogP contribution in [0.3, 0.4) is 0 Å². The highest BCUT2D eigenvalue weighted by atomic mass is 16.5. The van der Waals surface area contributed by atoms with Crippen molar-refractivity contribution in [3.8, 4) is 0 Å². The summed E-state index contributed by atoms with van der Waals surface area (Å²) in [5, 5.41) is 3.36. The van der Waals surface area contributed by atoms with E-state index in [0.29, 0.717) is 0 Å². The number of hydrogen-bond acceptors (Lipinski definition) is 2. The summed E-state index contributed by atoms with van der Waals surface area (Å²) in [5.41, 5.74) is 2.62. The topological polar surface area (TPSA) is 21.3 Å². The third kappa shape index (κ3) is 6.32. The summed E-state index contributed by atoms with van der Waals surface area (Å²) in [6.07, 6.45) is 4.81. The Morgan fingerprint density at radius 2 is 1.76 bits per heavy atom. The maximum atomic E-state index is 5.42. The molecule has 0 aliphatic carbocycles. The van der Waals surface area contributed by atoms with Crippen LogP contribution in [0.4, 0.5) is 5.69 Å². The van der Waals surface area contributed by atoms with Crippen molar-refractivity contribution in [2.24, 2.45) is 0 Å². The molecule has 0 fully saturated rings. The molecule has 0 saturated carbocycles. The first-order valence-corrected chi connectivity index (χ1v) is 6.77. The molecule has 1 N–H and O–H groups in total. The Labute approximate surface area is 105 Å². The minimum Gasteiger partial charge on any atom is -0.383 e. The monoisotopic (exact) mass is 235 g/mol. The molecule has 1 aromatic rings. The summed E-state index contributed by atoms with van der Waals surface area (Å²) in [4.78, 5) is 0. The van der Waals surface area contributed by atoms with Crippen molar-refractivity contribution in [2.75, 3.05) is 25.1 Å². The molecule has 1 rings (SSSR count).